The van der Waals surface area contributed by atoms with Crippen molar-refractivity contribution in [3.05, 3.63) is 57.3 Å². The van der Waals surface area contributed by atoms with Crippen molar-refractivity contribution in [2.45, 2.75) is 13.8 Å². The van der Waals surface area contributed by atoms with E-state index < -0.39 is 11.7 Å². The number of halogens is 2. The van der Waals surface area contributed by atoms with Crippen LogP contribution in [0.4, 0.5) is 15.8 Å². The van der Waals surface area contributed by atoms with Crippen molar-refractivity contribution < 1.29 is 9.18 Å². The van der Waals surface area contributed by atoms with Crippen LogP contribution in [-0.4, -0.2) is 5.91 Å². The summed E-state index contributed by atoms with van der Waals surface area (Å²) < 4.78 is 14.0. The molecule has 0 aliphatic rings. The van der Waals surface area contributed by atoms with Crippen LogP contribution in [-0.2, 0) is 0 Å². The summed E-state index contributed by atoms with van der Waals surface area (Å²) in [6.45, 7) is 3.64. The molecule has 3 nitrogen and oxygen atoms in total. The molecule has 0 heterocycles. The first-order valence-corrected chi connectivity index (χ1v) is 6.80. The highest BCUT2D eigenvalue weighted by atomic mass is 79.9. The van der Waals surface area contributed by atoms with Crippen LogP contribution in [0, 0.1) is 19.7 Å². The highest BCUT2D eigenvalue weighted by Crippen LogP contribution is 2.30. The number of nitrogens with one attached hydrogen (secondary N) is 1. The first-order valence-electron chi connectivity index (χ1n) is 6.01. The molecule has 1 amide bonds. The average molecular weight is 337 g/mol. The van der Waals surface area contributed by atoms with Crippen LogP contribution in [0.25, 0.3) is 0 Å². The predicted molar refractivity (Wildman–Crippen MR) is 82.4 cm³/mol. The number of nitrogen functional groups attached to an aromatic ring is 1. The Morgan fingerprint density at radius 2 is 1.80 bits per heavy atom. The minimum absolute atomic E-state index is 0.259. The van der Waals surface area contributed by atoms with Crippen LogP contribution in [0.3, 0.4) is 0 Å². The number of carbonyl (C=O) groups is 1. The standard InChI is InChI=1S/C15H14BrFN2O/c1-8-3-10(7-11(17)4-8)15(20)19-14-12(16)5-9(2)6-13(14)18/h3-7H,18H2,1-2H3,(H,19,20). The zero-order valence-electron chi connectivity index (χ0n) is 11.1. The predicted octanol–water partition coefficient (Wildman–Crippen LogP) is 4.04. The van der Waals surface area contributed by atoms with Gasteiger partial charge in [-0.1, -0.05) is 0 Å². The third-order valence-electron chi connectivity index (χ3n) is 2.81. The monoisotopic (exact) mass is 336 g/mol. The Kier molecular flexibility index (Phi) is 4.09. The Bertz CT molecular complexity index is 642. The molecule has 2 rings (SSSR count). The molecule has 0 aliphatic heterocycles. The van der Waals surface area contributed by atoms with Crippen LogP contribution >= 0.6 is 15.9 Å². The molecule has 20 heavy (non-hydrogen) atoms. The molecular weight excluding hydrogens is 323 g/mol. The van der Waals surface area contributed by atoms with Gasteiger partial charge in [0.05, 0.1) is 11.4 Å². The van der Waals surface area contributed by atoms with Gasteiger partial charge in [0, 0.05) is 10.0 Å². The molecule has 0 unspecified atom stereocenters. The molecule has 5 heteroatoms. The van der Waals surface area contributed by atoms with E-state index in [2.05, 4.69) is 21.2 Å². The highest BCUT2D eigenvalue weighted by molar-refractivity contribution is 9.10. The minimum atomic E-state index is -0.439. The second-order valence-corrected chi connectivity index (χ2v) is 5.54. The maximum atomic E-state index is 13.3. The smallest absolute Gasteiger partial charge is 0.255 e. The van der Waals surface area contributed by atoms with Gasteiger partial charge in [-0.3, -0.25) is 4.79 Å². The summed E-state index contributed by atoms with van der Waals surface area (Å²) in [5.41, 5.74) is 8.76. The fourth-order valence-corrected chi connectivity index (χ4v) is 2.64. The van der Waals surface area contributed by atoms with Gasteiger partial charge in [-0.15, -0.1) is 0 Å². The van der Waals surface area contributed by atoms with E-state index in [0.717, 1.165) is 5.56 Å². The summed E-state index contributed by atoms with van der Waals surface area (Å²) in [4.78, 5) is 12.2. The molecule has 0 radical (unpaired) electrons. The van der Waals surface area contributed by atoms with Gasteiger partial charge in [0.2, 0.25) is 0 Å². The molecule has 0 aliphatic carbocycles. The molecule has 104 valence electrons. The molecule has 0 bridgehead atoms. The molecule has 0 saturated heterocycles. The van der Waals surface area contributed by atoms with Crippen LogP contribution < -0.4 is 11.1 Å². The molecule has 0 atom stereocenters. The number of carbonyl (C=O) groups excluding carboxylic acids is 1. The number of amides is 1. The summed E-state index contributed by atoms with van der Waals surface area (Å²) in [6, 6.07) is 7.80. The van der Waals surface area contributed by atoms with Gasteiger partial charge in [-0.25, -0.2) is 4.39 Å². The van der Waals surface area contributed by atoms with Gasteiger partial charge in [0.15, 0.2) is 0 Å². The lowest BCUT2D eigenvalue weighted by atomic mass is 10.1. The molecule has 2 aromatic rings. The Morgan fingerprint density at radius 1 is 1.15 bits per heavy atom. The Morgan fingerprint density at radius 3 is 2.40 bits per heavy atom. The Labute approximate surface area is 125 Å². The van der Waals surface area contributed by atoms with E-state index >= 15 is 0 Å². The van der Waals surface area contributed by atoms with Crippen molar-refractivity contribution in [3.8, 4) is 0 Å². The summed E-state index contributed by atoms with van der Waals surface area (Å²) in [6.07, 6.45) is 0. The first kappa shape index (κ1) is 14.5. The number of anilines is 2. The lowest BCUT2D eigenvalue weighted by Crippen LogP contribution is -2.14. The van der Waals surface area contributed by atoms with Crippen LogP contribution in [0.1, 0.15) is 21.5 Å². The van der Waals surface area contributed by atoms with Crippen molar-refractivity contribution in [3.63, 3.8) is 0 Å². The third kappa shape index (κ3) is 3.17. The quantitative estimate of drug-likeness (QED) is 0.813. The summed E-state index contributed by atoms with van der Waals surface area (Å²) in [5.74, 6) is -0.838. The first-order chi connectivity index (χ1) is 9.36. The number of benzene rings is 2. The SMILES string of the molecule is Cc1cc(F)cc(C(=O)Nc2c(N)cc(C)cc2Br)c1. The fraction of sp³-hybridized carbons (Fsp3) is 0.133. The molecule has 2 aromatic carbocycles. The van der Waals surface area contributed by atoms with E-state index in [9.17, 15) is 9.18 Å². The average Bonchev–Trinajstić information content (AvgIpc) is 2.32. The largest absolute Gasteiger partial charge is 0.397 e. The molecule has 0 fully saturated rings. The van der Waals surface area contributed by atoms with Crippen LogP contribution in [0.5, 0.6) is 0 Å². The minimum Gasteiger partial charge on any atom is -0.397 e. The van der Waals surface area contributed by atoms with Crippen molar-refractivity contribution in [2.24, 2.45) is 0 Å². The van der Waals surface area contributed by atoms with E-state index in [1.165, 1.54) is 12.1 Å². The summed E-state index contributed by atoms with van der Waals surface area (Å²) in [5, 5.41) is 2.70. The van der Waals surface area contributed by atoms with Gasteiger partial charge in [-0.2, -0.15) is 0 Å². The number of aryl methyl sites for hydroxylation is 2. The van der Waals surface area contributed by atoms with Gasteiger partial charge in [0.1, 0.15) is 5.82 Å². The summed E-state index contributed by atoms with van der Waals surface area (Å²) in [7, 11) is 0. The zero-order valence-corrected chi connectivity index (χ0v) is 12.7. The van der Waals surface area contributed by atoms with E-state index in [1.54, 1.807) is 19.1 Å². The fourth-order valence-electron chi connectivity index (χ4n) is 1.95. The molecule has 0 spiro atoms. The number of hydrogen-bond acceptors (Lipinski definition) is 2. The second-order valence-electron chi connectivity index (χ2n) is 4.68. The second kappa shape index (κ2) is 5.63. The topological polar surface area (TPSA) is 55.1 Å². The number of nitrogens with two attached hydrogens (primary N) is 1. The third-order valence-corrected chi connectivity index (χ3v) is 3.43. The van der Waals surface area contributed by atoms with Crippen molar-refractivity contribution in [2.75, 3.05) is 11.1 Å². The normalized spacial score (nSPS) is 10.4. The highest BCUT2D eigenvalue weighted by Gasteiger charge is 2.12. The lowest BCUT2D eigenvalue weighted by molar-refractivity contribution is 0.102. The molecule has 3 N–H and O–H groups in total. The molecule has 0 saturated carbocycles. The van der Waals surface area contributed by atoms with Gasteiger partial charge < -0.3 is 11.1 Å². The van der Waals surface area contributed by atoms with E-state index in [-0.39, 0.29) is 5.56 Å². The number of rotatable bonds is 2. The van der Waals surface area contributed by atoms with Crippen LogP contribution in [0.15, 0.2) is 34.8 Å². The molecular formula is C15H14BrFN2O. The lowest BCUT2D eigenvalue weighted by Gasteiger charge is -2.12. The molecule has 0 aromatic heterocycles. The maximum Gasteiger partial charge on any atom is 0.255 e. The Balaban J connectivity index is 2.32. The Hall–Kier alpha value is -1.88. The van der Waals surface area contributed by atoms with E-state index in [0.29, 0.717) is 21.4 Å². The van der Waals surface area contributed by atoms with Gasteiger partial charge in [-0.05, 0) is 71.2 Å². The van der Waals surface area contributed by atoms with Crippen molar-refractivity contribution in [1.82, 2.24) is 0 Å². The maximum absolute atomic E-state index is 13.3. The van der Waals surface area contributed by atoms with Crippen molar-refractivity contribution >= 4 is 33.2 Å². The zero-order chi connectivity index (χ0) is 14.9. The van der Waals surface area contributed by atoms with Gasteiger partial charge >= 0.3 is 0 Å². The van der Waals surface area contributed by atoms with Crippen LogP contribution in [0.2, 0.25) is 0 Å². The van der Waals surface area contributed by atoms with E-state index in [4.69, 9.17) is 5.73 Å². The number of hydrogen-bond donors (Lipinski definition) is 2. The van der Waals surface area contributed by atoms with E-state index in [1.807, 2.05) is 13.0 Å². The van der Waals surface area contributed by atoms with Crippen molar-refractivity contribution in [1.29, 1.82) is 0 Å². The summed E-state index contributed by atoms with van der Waals surface area (Å²) >= 11 is 3.36. The van der Waals surface area contributed by atoms with Gasteiger partial charge in [0.25, 0.3) is 5.91 Å².